The molecule has 0 aromatic heterocycles. The summed E-state index contributed by atoms with van der Waals surface area (Å²) in [7, 11) is 7.90. The predicted molar refractivity (Wildman–Crippen MR) is 142 cm³/mol. The number of fused-ring (bicyclic) bond motifs is 1. The first kappa shape index (κ1) is 28.1. The maximum Gasteiger partial charge on any atom is 0.254 e. The normalized spacial score (nSPS) is 16.9. The molecule has 0 spiro atoms. The van der Waals surface area contributed by atoms with Gasteiger partial charge in [0.05, 0.1) is 40.4 Å². The van der Waals surface area contributed by atoms with Crippen molar-refractivity contribution in [2.75, 3.05) is 61.7 Å². The van der Waals surface area contributed by atoms with Gasteiger partial charge >= 0.3 is 0 Å². The summed E-state index contributed by atoms with van der Waals surface area (Å²) in [5, 5.41) is 3.12. The second kappa shape index (κ2) is 12.7. The van der Waals surface area contributed by atoms with E-state index in [0.717, 1.165) is 31.6 Å². The molecule has 2 atom stereocenters. The number of ether oxygens (including phenoxy) is 4. The van der Waals surface area contributed by atoms with Crippen LogP contribution >= 0.6 is 0 Å². The van der Waals surface area contributed by atoms with E-state index in [9.17, 15) is 9.59 Å². The molecule has 2 aromatic rings. The average Bonchev–Trinajstić information content (AvgIpc) is 2.93. The first-order chi connectivity index (χ1) is 17.8. The summed E-state index contributed by atoms with van der Waals surface area (Å²) in [6.07, 6.45) is 0.828. The molecule has 0 fully saturated rings. The molecule has 1 aliphatic rings. The topological polar surface area (TPSA) is 89.6 Å². The third-order valence-electron chi connectivity index (χ3n) is 7.05. The van der Waals surface area contributed by atoms with Crippen molar-refractivity contribution in [2.45, 2.75) is 32.2 Å². The fourth-order valence-electron chi connectivity index (χ4n) is 4.95. The van der Waals surface area contributed by atoms with Crippen LogP contribution in [0.25, 0.3) is 0 Å². The van der Waals surface area contributed by atoms with Crippen LogP contribution in [0.1, 0.15) is 53.7 Å². The molecule has 2 unspecified atom stereocenters. The highest BCUT2D eigenvalue weighted by Gasteiger charge is 2.43. The zero-order chi connectivity index (χ0) is 27.1. The molecule has 1 aliphatic heterocycles. The summed E-state index contributed by atoms with van der Waals surface area (Å²) in [6.45, 7) is 7.63. The van der Waals surface area contributed by atoms with Gasteiger partial charge in [-0.15, -0.1) is 0 Å². The highest BCUT2D eigenvalue weighted by molar-refractivity contribution is 6.02. The summed E-state index contributed by atoms with van der Waals surface area (Å²) in [5.41, 5.74) is 1.78. The number of rotatable bonds is 12. The van der Waals surface area contributed by atoms with Crippen molar-refractivity contribution in [1.82, 2.24) is 15.1 Å². The second-order valence-electron chi connectivity index (χ2n) is 8.92. The molecule has 1 N–H and O–H groups in total. The Morgan fingerprint density at radius 2 is 1.51 bits per heavy atom. The van der Waals surface area contributed by atoms with Crippen molar-refractivity contribution in [3.63, 3.8) is 0 Å². The highest BCUT2D eigenvalue weighted by Crippen LogP contribution is 2.46. The van der Waals surface area contributed by atoms with Crippen molar-refractivity contribution >= 4 is 11.8 Å². The number of carbonyl (C=O) groups excluding carboxylic acids is 2. The Hall–Kier alpha value is -3.46. The number of carbonyl (C=O) groups is 2. The van der Waals surface area contributed by atoms with E-state index in [1.54, 1.807) is 44.4 Å². The van der Waals surface area contributed by atoms with E-state index in [1.165, 1.54) is 14.2 Å². The van der Waals surface area contributed by atoms with Crippen LogP contribution in [0.4, 0.5) is 0 Å². The summed E-state index contributed by atoms with van der Waals surface area (Å²) >= 11 is 0. The molecule has 0 aliphatic carbocycles. The largest absolute Gasteiger partial charge is 0.493 e. The fraction of sp³-hybridized carbons (Fsp3) is 0.500. The van der Waals surface area contributed by atoms with E-state index < -0.39 is 12.0 Å². The van der Waals surface area contributed by atoms with Crippen LogP contribution in [-0.2, 0) is 4.79 Å². The van der Waals surface area contributed by atoms with Gasteiger partial charge in [0.2, 0.25) is 5.91 Å². The molecular weight excluding hydrogens is 474 g/mol. The van der Waals surface area contributed by atoms with Gasteiger partial charge in [0.25, 0.3) is 5.91 Å². The lowest BCUT2D eigenvalue weighted by Crippen LogP contribution is -2.46. The minimum absolute atomic E-state index is 0.160. The lowest BCUT2D eigenvalue weighted by Gasteiger charge is -2.40. The van der Waals surface area contributed by atoms with Crippen LogP contribution in [0, 0.1) is 0 Å². The number of likely N-dealkylation sites (N-methyl/N-ethyl adjacent to an activating group) is 1. The molecule has 2 amide bonds. The van der Waals surface area contributed by atoms with Crippen LogP contribution in [0.5, 0.6) is 23.0 Å². The molecule has 3 rings (SSSR count). The lowest BCUT2D eigenvalue weighted by molar-refractivity contribution is -0.124. The molecule has 0 radical (unpaired) electrons. The van der Waals surface area contributed by atoms with Crippen molar-refractivity contribution in [3.8, 4) is 23.0 Å². The van der Waals surface area contributed by atoms with Gasteiger partial charge in [-0.2, -0.15) is 0 Å². The first-order valence-electron chi connectivity index (χ1n) is 12.6. The third kappa shape index (κ3) is 5.77. The van der Waals surface area contributed by atoms with E-state index >= 15 is 0 Å². The third-order valence-corrected chi connectivity index (χ3v) is 7.05. The number of hydrogen-bond acceptors (Lipinski definition) is 7. The smallest absolute Gasteiger partial charge is 0.254 e. The van der Waals surface area contributed by atoms with Crippen molar-refractivity contribution in [1.29, 1.82) is 0 Å². The van der Waals surface area contributed by atoms with Gasteiger partial charge < -0.3 is 34.1 Å². The molecule has 9 heteroatoms. The predicted octanol–water partition coefficient (Wildman–Crippen LogP) is 3.48. The molecular formula is C28H39N3O6. The SMILES string of the molecule is CCN(CC)CCCNC(=O)C1c2cc(OC)c(OC)cc2C(=O)N(C)C1c1ccc(OC)c(OC)c1. The highest BCUT2D eigenvalue weighted by atomic mass is 16.5. The molecule has 202 valence electrons. The Morgan fingerprint density at radius 3 is 2.11 bits per heavy atom. The maximum absolute atomic E-state index is 13.8. The zero-order valence-electron chi connectivity index (χ0n) is 22.9. The Morgan fingerprint density at radius 1 is 0.919 bits per heavy atom. The van der Waals surface area contributed by atoms with E-state index in [1.807, 2.05) is 12.1 Å². The van der Waals surface area contributed by atoms with Crippen LogP contribution in [0.2, 0.25) is 0 Å². The Bertz CT molecular complexity index is 1100. The molecule has 0 saturated heterocycles. The van der Waals surface area contributed by atoms with Gasteiger partial charge in [-0.25, -0.2) is 0 Å². The molecule has 37 heavy (non-hydrogen) atoms. The van der Waals surface area contributed by atoms with Gasteiger partial charge in [-0.05, 0) is 61.4 Å². The standard InChI is InChI=1S/C28H39N3O6/c1-8-31(9-2)14-10-13-29-27(32)25-19-16-23(36-6)24(37-7)17-20(19)28(33)30(3)26(25)18-11-12-21(34-4)22(15-18)35-5/h11-12,15-17,25-26H,8-10,13-14H2,1-7H3,(H,29,32). The van der Waals surface area contributed by atoms with Crippen molar-refractivity contribution in [3.05, 3.63) is 47.0 Å². The minimum atomic E-state index is -0.677. The number of nitrogens with one attached hydrogen (secondary N) is 1. The maximum atomic E-state index is 13.8. The van der Waals surface area contributed by atoms with Gasteiger partial charge in [0, 0.05) is 19.2 Å². The number of methoxy groups -OCH3 is 4. The Balaban J connectivity index is 2.06. The van der Waals surface area contributed by atoms with Gasteiger partial charge in [-0.3, -0.25) is 9.59 Å². The number of amides is 2. The Labute approximate surface area is 219 Å². The monoisotopic (exact) mass is 513 g/mol. The van der Waals surface area contributed by atoms with Crippen LogP contribution in [-0.4, -0.2) is 83.3 Å². The first-order valence-corrected chi connectivity index (χ1v) is 12.6. The van der Waals surface area contributed by atoms with Crippen molar-refractivity contribution in [2.24, 2.45) is 0 Å². The van der Waals surface area contributed by atoms with Crippen LogP contribution in [0.15, 0.2) is 30.3 Å². The van der Waals surface area contributed by atoms with Gasteiger partial charge in [-0.1, -0.05) is 19.9 Å². The van der Waals surface area contributed by atoms with Gasteiger partial charge in [0.1, 0.15) is 0 Å². The number of hydrogen-bond donors (Lipinski definition) is 1. The van der Waals surface area contributed by atoms with E-state index in [4.69, 9.17) is 18.9 Å². The van der Waals surface area contributed by atoms with Gasteiger partial charge in [0.15, 0.2) is 23.0 Å². The molecule has 1 heterocycles. The average molecular weight is 514 g/mol. The van der Waals surface area contributed by atoms with Crippen molar-refractivity contribution < 1.29 is 28.5 Å². The summed E-state index contributed by atoms with van der Waals surface area (Å²) in [4.78, 5) is 31.3. The zero-order valence-corrected chi connectivity index (χ0v) is 22.9. The van der Waals surface area contributed by atoms with E-state index in [-0.39, 0.29) is 11.8 Å². The summed E-state index contributed by atoms with van der Waals surface area (Å²) in [5.74, 6) is 0.949. The summed E-state index contributed by atoms with van der Waals surface area (Å²) < 4.78 is 21.9. The minimum Gasteiger partial charge on any atom is -0.493 e. The molecule has 2 aromatic carbocycles. The summed E-state index contributed by atoms with van der Waals surface area (Å²) in [6, 6.07) is 8.30. The number of benzene rings is 2. The number of nitrogens with zero attached hydrogens (tertiary/aromatic N) is 2. The molecule has 0 saturated carbocycles. The quantitative estimate of drug-likeness (QED) is 0.435. The van der Waals surface area contributed by atoms with E-state index in [2.05, 4.69) is 24.1 Å². The van der Waals surface area contributed by atoms with Crippen LogP contribution in [0.3, 0.4) is 0 Å². The second-order valence-corrected chi connectivity index (χ2v) is 8.92. The molecule has 0 bridgehead atoms. The fourth-order valence-corrected chi connectivity index (χ4v) is 4.95. The van der Waals surface area contributed by atoms with Crippen LogP contribution < -0.4 is 24.3 Å². The Kier molecular flexibility index (Phi) is 9.63. The lowest BCUT2D eigenvalue weighted by atomic mass is 9.79. The molecule has 9 nitrogen and oxygen atoms in total. The van der Waals surface area contributed by atoms with E-state index in [0.29, 0.717) is 40.7 Å².